The highest BCUT2D eigenvalue weighted by atomic mass is 16.7. The molecule has 2 aliphatic heterocycles. The number of ether oxygens (including phenoxy) is 7. The van der Waals surface area contributed by atoms with E-state index in [0.717, 1.165) is 6.29 Å². The number of aldehydes is 1. The standard InChI is InChI=1S/C46H82N6O20/c1-30(56)51-38-42(64)40(62)32(25-54)71-44(38)69-21-6-4-11-34(58)47-15-8-17-49-36(60)13-23-67-28-46(3,27-66-20-10-19-53)29-68-24-14-37(61)50-18-9-16-48-35(59)12-5-7-22-70-45-39(52-31(2)57)43(65)41(63)33(26-55)72-45/h19,32-33,38-45,54-55,62-65H,4-18,20-29H2,1-3H3,(H,47,58)(H,48,59)(H,49,60)(H,50,61)(H,51,56)(H,52,57). The van der Waals surface area contributed by atoms with Gasteiger partial charge in [-0.3, -0.25) is 28.8 Å². The van der Waals surface area contributed by atoms with E-state index in [1.807, 2.05) is 6.92 Å². The van der Waals surface area contributed by atoms with Gasteiger partial charge < -0.3 is 100 Å². The molecule has 0 aromatic rings. The summed E-state index contributed by atoms with van der Waals surface area (Å²) in [7, 11) is 0. The van der Waals surface area contributed by atoms with Crippen molar-refractivity contribution < 1.29 is 97.4 Å². The second kappa shape index (κ2) is 36.8. The molecule has 6 amide bonds. The molecule has 0 bridgehead atoms. The lowest BCUT2D eigenvalue weighted by molar-refractivity contribution is -0.270. The molecule has 0 radical (unpaired) electrons. The number of unbranched alkanes of at least 4 members (excludes halogenated alkanes) is 2. The molecule has 26 heteroatoms. The zero-order valence-electron chi connectivity index (χ0n) is 41.9. The van der Waals surface area contributed by atoms with E-state index in [2.05, 4.69) is 31.9 Å². The van der Waals surface area contributed by atoms with Crippen LogP contribution < -0.4 is 31.9 Å². The average Bonchev–Trinajstić information content (AvgIpc) is 3.34. The minimum Gasteiger partial charge on any atom is -0.394 e. The van der Waals surface area contributed by atoms with Crippen LogP contribution in [-0.4, -0.2) is 226 Å². The van der Waals surface area contributed by atoms with Crippen LogP contribution in [0.25, 0.3) is 0 Å². The van der Waals surface area contributed by atoms with Crippen LogP contribution in [0, 0.1) is 5.41 Å². The molecule has 0 aromatic carbocycles. The van der Waals surface area contributed by atoms with Gasteiger partial charge in [0.15, 0.2) is 12.6 Å². The third kappa shape index (κ3) is 26.3. The lowest BCUT2D eigenvalue weighted by atomic mass is 9.94. The van der Waals surface area contributed by atoms with Crippen molar-refractivity contribution in [3.05, 3.63) is 0 Å². The van der Waals surface area contributed by atoms with Gasteiger partial charge in [-0.15, -0.1) is 0 Å². The Labute approximate surface area is 420 Å². The average molecular weight is 1040 g/mol. The highest BCUT2D eigenvalue weighted by Gasteiger charge is 2.46. The van der Waals surface area contributed by atoms with Crippen molar-refractivity contribution in [3.8, 4) is 0 Å². The van der Waals surface area contributed by atoms with E-state index in [1.165, 1.54) is 13.8 Å². The first kappa shape index (κ1) is 64.1. The SMILES string of the molecule is CC(=O)NC1C(OCCCCC(=O)NCCCNC(=O)CCOCC(C)(COCCC=O)COCCC(=O)NCCCNC(=O)CCCCOC2OC(CO)C(O)C(O)C2NC(C)=O)OC(CO)C(O)C1O. The molecule has 2 saturated heterocycles. The largest absolute Gasteiger partial charge is 0.394 e. The predicted molar refractivity (Wildman–Crippen MR) is 252 cm³/mol. The van der Waals surface area contributed by atoms with Gasteiger partial charge in [0.2, 0.25) is 35.4 Å². The van der Waals surface area contributed by atoms with E-state index in [4.69, 9.17) is 33.2 Å². The normalized spacial score (nSPS) is 24.8. The van der Waals surface area contributed by atoms with Gasteiger partial charge in [0, 0.05) is 90.8 Å². The summed E-state index contributed by atoms with van der Waals surface area (Å²) >= 11 is 0. The second-order valence-electron chi connectivity index (χ2n) is 18.1. The zero-order chi connectivity index (χ0) is 53.3. The molecule has 26 nitrogen and oxygen atoms in total. The van der Waals surface area contributed by atoms with E-state index < -0.39 is 91.7 Å². The molecule has 2 rings (SSSR count). The topological polar surface area (TPSA) is 378 Å². The molecule has 2 fully saturated rings. The number of aliphatic hydroxyl groups is 6. The van der Waals surface area contributed by atoms with Crippen LogP contribution in [-0.2, 0) is 66.7 Å². The van der Waals surface area contributed by atoms with Gasteiger partial charge in [-0.05, 0) is 38.5 Å². The molecule has 12 N–H and O–H groups in total. The summed E-state index contributed by atoms with van der Waals surface area (Å²) in [6.07, 6.45) is -5.63. The van der Waals surface area contributed by atoms with Gasteiger partial charge in [0.05, 0.1) is 52.9 Å². The number of nitrogens with one attached hydrogen (secondary N) is 6. The maximum absolute atomic E-state index is 12.4. The van der Waals surface area contributed by atoms with Crippen LogP contribution >= 0.6 is 0 Å². The van der Waals surface area contributed by atoms with Gasteiger partial charge in [-0.25, -0.2) is 0 Å². The number of hydrogen-bond acceptors (Lipinski definition) is 20. The smallest absolute Gasteiger partial charge is 0.222 e. The Hall–Kier alpha value is -4.03. The number of carbonyl (C=O) groups is 7. The molecule has 0 aromatic heterocycles. The molecule has 72 heavy (non-hydrogen) atoms. The first-order chi connectivity index (χ1) is 34.4. The summed E-state index contributed by atoms with van der Waals surface area (Å²) in [6, 6.07) is -2.09. The fraction of sp³-hybridized carbons (Fsp3) is 0.848. The highest BCUT2D eigenvalue weighted by molar-refractivity contribution is 5.77. The molecule has 0 spiro atoms. The van der Waals surface area contributed by atoms with E-state index in [0.29, 0.717) is 64.7 Å². The Morgan fingerprint density at radius 2 is 0.875 bits per heavy atom. The van der Waals surface area contributed by atoms with Crippen molar-refractivity contribution in [2.24, 2.45) is 5.41 Å². The Morgan fingerprint density at radius 3 is 1.22 bits per heavy atom. The predicted octanol–water partition coefficient (Wildman–Crippen LogP) is -4.08. The third-order valence-electron chi connectivity index (χ3n) is 11.3. The van der Waals surface area contributed by atoms with Crippen molar-refractivity contribution >= 4 is 41.7 Å². The maximum atomic E-state index is 12.4. The van der Waals surface area contributed by atoms with Crippen LogP contribution in [0.4, 0.5) is 0 Å². The van der Waals surface area contributed by atoms with Crippen molar-refractivity contribution in [2.75, 3.05) is 92.2 Å². The van der Waals surface area contributed by atoms with Crippen molar-refractivity contribution in [1.29, 1.82) is 0 Å². The lowest BCUT2D eigenvalue weighted by Gasteiger charge is -2.42. The molecule has 2 heterocycles. The minimum atomic E-state index is -1.41. The van der Waals surface area contributed by atoms with Crippen LogP contribution in [0.1, 0.15) is 91.4 Å². The Bertz CT molecular complexity index is 1500. The minimum absolute atomic E-state index is 0.0857. The van der Waals surface area contributed by atoms with E-state index in [9.17, 15) is 64.2 Å². The number of carbonyl (C=O) groups excluding carboxylic acids is 7. The molecule has 416 valence electrons. The van der Waals surface area contributed by atoms with Crippen molar-refractivity contribution in [2.45, 2.75) is 153 Å². The summed E-state index contributed by atoms with van der Waals surface area (Å²) < 4.78 is 39.6. The molecule has 0 saturated carbocycles. The molecule has 10 unspecified atom stereocenters. The fourth-order valence-electron chi connectivity index (χ4n) is 7.38. The highest BCUT2D eigenvalue weighted by Crippen LogP contribution is 2.24. The van der Waals surface area contributed by atoms with Crippen LogP contribution in [0.3, 0.4) is 0 Å². The fourth-order valence-corrected chi connectivity index (χ4v) is 7.38. The van der Waals surface area contributed by atoms with Crippen molar-refractivity contribution in [3.63, 3.8) is 0 Å². The first-order valence-corrected chi connectivity index (χ1v) is 24.7. The summed E-state index contributed by atoms with van der Waals surface area (Å²) in [6.45, 7) is 5.85. The van der Waals surface area contributed by atoms with Gasteiger partial charge in [0.1, 0.15) is 55.0 Å². The van der Waals surface area contributed by atoms with Gasteiger partial charge in [0.25, 0.3) is 0 Å². The summed E-state index contributed by atoms with van der Waals surface area (Å²) in [5.41, 5.74) is -0.649. The maximum Gasteiger partial charge on any atom is 0.222 e. The first-order valence-electron chi connectivity index (χ1n) is 24.7. The van der Waals surface area contributed by atoms with E-state index >= 15 is 0 Å². The van der Waals surface area contributed by atoms with Crippen LogP contribution in [0.5, 0.6) is 0 Å². The van der Waals surface area contributed by atoms with Crippen LogP contribution in [0.2, 0.25) is 0 Å². The Morgan fingerprint density at radius 1 is 0.514 bits per heavy atom. The quantitative estimate of drug-likeness (QED) is 0.0206. The van der Waals surface area contributed by atoms with Gasteiger partial charge in [-0.2, -0.15) is 0 Å². The second-order valence-corrected chi connectivity index (χ2v) is 18.1. The molecular weight excluding hydrogens is 957 g/mol. The monoisotopic (exact) mass is 1040 g/mol. The van der Waals surface area contributed by atoms with Gasteiger partial charge >= 0.3 is 0 Å². The van der Waals surface area contributed by atoms with E-state index in [1.54, 1.807) is 0 Å². The molecule has 10 atom stereocenters. The van der Waals surface area contributed by atoms with Gasteiger partial charge in [-0.1, -0.05) is 6.92 Å². The zero-order valence-corrected chi connectivity index (χ0v) is 41.9. The summed E-state index contributed by atoms with van der Waals surface area (Å²) in [5, 5.41) is 76.0. The Kier molecular flexibility index (Phi) is 32.8. The van der Waals surface area contributed by atoms with Crippen molar-refractivity contribution in [1.82, 2.24) is 31.9 Å². The summed E-state index contributed by atoms with van der Waals surface area (Å²) in [4.78, 5) is 83.3. The van der Waals surface area contributed by atoms with E-state index in [-0.39, 0.29) is 109 Å². The van der Waals surface area contributed by atoms with Crippen LogP contribution in [0.15, 0.2) is 0 Å². The lowest BCUT2D eigenvalue weighted by Crippen LogP contribution is -2.64. The number of aliphatic hydroxyl groups excluding tert-OH is 6. The molecule has 0 aliphatic carbocycles. The summed E-state index contributed by atoms with van der Waals surface area (Å²) in [5.74, 6) is -1.77. The molecular formula is C46H82N6O20. The molecule has 2 aliphatic rings. The Balaban J connectivity index is 1.54. The number of rotatable bonds is 39. The third-order valence-corrected chi connectivity index (χ3v) is 11.3. The number of hydrogen-bond donors (Lipinski definition) is 12. The number of amides is 6.